The van der Waals surface area contributed by atoms with Gasteiger partial charge in [-0.15, -0.1) is 0 Å². The van der Waals surface area contributed by atoms with Gasteiger partial charge in [-0.3, -0.25) is 4.79 Å². The highest BCUT2D eigenvalue weighted by molar-refractivity contribution is 6.31. The van der Waals surface area contributed by atoms with E-state index < -0.39 is 5.97 Å². The van der Waals surface area contributed by atoms with Gasteiger partial charge < -0.3 is 10.4 Å². The predicted octanol–water partition coefficient (Wildman–Crippen LogP) is 2.86. The summed E-state index contributed by atoms with van der Waals surface area (Å²) in [5.41, 5.74) is 1.04. The Hall–Kier alpha value is -1.06. The lowest BCUT2D eigenvalue weighted by Gasteiger charge is -2.15. The largest absolute Gasteiger partial charge is 0.481 e. The van der Waals surface area contributed by atoms with Crippen LogP contribution in [0.5, 0.6) is 0 Å². The Morgan fingerprint density at radius 2 is 2.19 bits per heavy atom. The van der Waals surface area contributed by atoms with Crippen LogP contribution in [-0.4, -0.2) is 17.6 Å². The molecule has 0 bridgehead atoms. The van der Waals surface area contributed by atoms with Crippen molar-refractivity contribution in [1.29, 1.82) is 0 Å². The minimum absolute atomic E-state index is 0.141. The molecule has 1 unspecified atom stereocenters. The zero-order valence-electron chi connectivity index (χ0n) is 9.24. The van der Waals surface area contributed by atoms with Crippen LogP contribution in [0.4, 0.5) is 0 Å². The smallest absolute Gasteiger partial charge is 0.303 e. The number of aliphatic carboxylic acids is 1. The fourth-order valence-corrected chi connectivity index (χ4v) is 1.79. The van der Waals surface area contributed by atoms with Crippen LogP contribution >= 0.6 is 11.6 Å². The zero-order valence-corrected chi connectivity index (χ0v) is 10.00. The summed E-state index contributed by atoms with van der Waals surface area (Å²) in [5, 5.41) is 12.5. The fourth-order valence-electron chi connectivity index (χ4n) is 1.49. The first-order valence-corrected chi connectivity index (χ1v) is 5.68. The summed E-state index contributed by atoms with van der Waals surface area (Å²) < 4.78 is 0. The van der Waals surface area contributed by atoms with Crippen LogP contribution in [-0.2, 0) is 4.79 Å². The second-order valence-electron chi connectivity index (χ2n) is 3.69. The molecule has 0 amide bonds. The summed E-state index contributed by atoms with van der Waals surface area (Å²) in [6.07, 6.45) is 0.826. The Kier molecular flexibility index (Phi) is 5.29. The fraction of sp³-hybridized carbons (Fsp3) is 0.417. The Morgan fingerprint density at radius 3 is 2.81 bits per heavy atom. The van der Waals surface area contributed by atoms with Crippen LogP contribution in [0.2, 0.25) is 5.02 Å². The number of nitrogens with one attached hydrogen (secondary N) is 1. The third-order valence-electron chi connectivity index (χ3n) is 2.39. The van der Waals surface area contributed by atoms with Gasteiger partial charge >= 0.3 is 5.97 Å². The van der Waals surface area contributed by atoms with Gasteiger partial charge in [0.1, 0.15) is 0 Å². The van der Waals surface area contributed by atoms with Gasteiger partial charge in [0.2, 0.25) is 0 Å². The molecule has 0 saturated heterocycles. The quantitative estimate of drug-likeness (QED) is 0.753. The second kappa shape index (κ2) is 6.51. The minimum atomic E-state index is -0.757. The molecule has 1 rings (SSSR count). The number of hydrogen-bond donors (Lipinski definition) is 2. The third-order valence-corrected chi connectivity index (χ3v) is 2.73. The normalized spacial score (nSPS) is 12.4. The van der Waals surface area contributed by atoms with E-state index in [1.165, 1.54) is 0 Å². The van der Waals surface area contributed by atoms with Crippen molar-refractivity contribution in [3.8, 4) is 0 Å². The number of rotatable bonds is 6. The van der Waals surface area contributed by atoms with Crippen molar-refractivity contribution >= 4 is 17.6 Å². The first-order chi connectivity index (χ1) is 7.61. The maximum absolute atomic E-state index is 10.3. The topological polar surface area (TPSA) is 49.3 Å². The predicted molar refractivity (Wildman–Crippen MR) is 64.7 cm³/mol. The summed E-state index contributed by atoms with van der Waals surface area (Å²) in [6.45, 7) is 2.70. The molecule has 0 saturated carbocycles. The van der Waals surface area contributed by atoms with Crippen molar-refractivity contribution in [1.82, 2.24) is 5.32 Å². The molecule has 3 nitrogen and oxygen atoms in total. The molecule has 4 heteroatoms. The highest BCUT2D eigenvalue weighted by Gasteiger charge is 2.07. The first kappa shape index (κ1) is 13.0. The molecular formula is C12H16ClNO2. The van der Waals surface area contributed by atoms with Crippen LogP contribution in [0.25, 0.3) is 0 Å². The maximum Gasteiger partial charge on any atom is 0.303 e. The minimum Gasteiger partial charge on any atom is -0.481 e. The van der Waals surface area contributed by atoms with E-state index in [-0.39, 0.29) is 12.5 Å². The molecular weight excluding hydrogens is 226 g/mol. The van der Waals surface area contributed by atoms with Crippen molar-refractivity contribution in [2.24, 2.45) is 0 Å². The standard InChI is InChI=1S/C12H16ClNO2/c1-9(14-8-4-7-12(15)16)10-5-2-3-6-11(10)13/h2-3,5-6,9,14H,4,7-8H2,1H3,(H,15,16). The lowest BCUT2D eigenvalue weighted by molar-refractivity contribution is -0.137. The molecule has 1 atom stereocenters. The zero-order chi connectivity index (χ0) is 12.0. The van der Waals surface area contributed by atoms with Crippen LogP contribution < -0.4 is 5.32 Å². The molecule has 0 radical (unpaired) electrons. The number of hydrogen-bond acceptors (Lipinski definition) is 2. The molecule has 1 aromatic carbocycles. The van der Waals surface area contributed by atoms with Crippen LogP contribution in [0, 0.1) is 0 Å². The summed E-state index contributed by atoms with van der Waals surface area (Å²) in [7, 11) is 0. The summed E-state index contributed by atoms with van der Waals surface area (Å²) in [4.78, 5) is 10.3. The number of carboxylic acid groups (broad SMARTS) is 1. The van der Waals surface area contributed by atoms with E-state index in [0.29, 0.717) is 13.0 Å². The van der Waals surface area contributed by atoms with Crippen molar-refractivity contribution in [3.05, 3.63) is 34.9 Å². The third kappa shape index (κ3) is 4.21. The molecule has 0 aliphatic carbocycles. The summed E-state index contributed by atoms with van der Waals surface area (Å²) >= 11 is 6.05. The summed E-state index contributed by atoms with van der Waals surface area (Å²) in [5.74, 6) is -0.757. The Balaban J connectivity index is 2.38. The van der Waals surface area contributed by atoms with E-state index >= 15 is 0 Å². The van der Waals surface area contributed by atoms with Gasteiger partial charge in [-0.2, -0.15) is 0 Å². The van der Waals surface area contributed by atoms with Gasteiger partial charge in [0, 0.05) is 17.5 Å². The van der Waals surface area contributed by atoms with Gasteiger partial charge in [0.05, 0.1) is 0 Å². The molecule has 88 valence electrons. The Morgan fingerprint density at radius 1 is 1.50 bits per heavy atom. The van der Waals surface area contributed by atoms with Crippen molar-refractivity contribution in [2.75, 3.05) is 6.54 Å². The molecule has 2 N–H and O–H groups in total. The molecule has 0 spiro atoms. The lowest BCUT2D eigenvalue weighted by Crippen LogP contribution is -2.20. The van der Waals surface area contributed by atoms with Crippen LogP contribution in [0.15, 0.2) is 24.3 Å². The molecule has 16 heavy (non-hydrogen) atoms. The van der Waals surface area contributed by atoms with Gasteiger partial charge in [0.15, 0.2) is 0 Å². The average molecular weight is 242 g/mol. The van der Waals surface area contributed by atoms with Gasteiger partial charge in [-0.25, -0.2) is 0 Å². The van der Waals surface area contributed by atoms with Crippen LogP contribution in [0.3, 0.4) is 0 Å². The van der Waals surface area contributed by atoms with Gasteiger partial charge in [-0.1, -0.05) is 29.8 Å². The first-order valence-electron chi connectivity index (χ1n) is 5.31. The van der Waals surface area contributed by atoms with Crippen molar-refractivity contribution in [3.63, 3.8) is 0 Å². The van der Waals surface area contributed by atoms with E-state index in [9.17, 15) is 4.79 Å². The number of halogens is 1. The van der Waals surface area contributed by atoms with Crippen molar-refractivity contribution in [2.45, 2.75) is 25.8 Å². The number of carboxylic acids is 1. The van der Waals surface area contributed by atoms with Gasteiger partial charge in [-0.05, 0) is 31.5 Å². The maximum atomic E-state index is 10.3. The van der Waals surface area contributed by atoms with Crippen molar-refractivity contribution < 1.29 is 9.90 Å². The Bertz CT molecular complexity index is 355. The molecule has 0 aliphatic heterocycles. The van der Waals surface area contributed by atoms with E-state index in [0.717, 1.165) is 10.6 Å². The van der Waals surface area contributed by atoms with E-state index in [4.69, 9.17) is 16.7 Å². The Labute approximate surface area is 100 Å². The SMILES string of the molecule is CC(NCCCC(=O)O)c1ccccc1Cl. The van der Waals surface area contributed by atoms with E-state index in [1.54, 1.807) is 0 Å². The highest BCUT2D eigenvalue weighted by Crippen LogP contribution is 2.21. The van der Waals surface area contributed by atoms with E-state index in [1.807, 2.05) is 31.2 Å². The van der Waals surface area contributed by atoms with Gasteiger partial charge in [0.25, 0.3) is 0 Å². The molecule has 0 aromatic heterocycles. The highest BCUT2D eigenvalue weighted by atomic mass is 35.5. The molecule has 0 aliphatic rings. The number of benzene rings is 1. The van der Waals surface area contributed by atoms with Crippen LogP contribution in [0.1, 0.15) is 31.4 Å². The molecule has 0 fully saturated rings. The molecule has 0 heterocycles. The second-order valence-corrected chi connectivity index (χ2v) is 4.10. The molecule has 1 aromatic rings. The monoisotopic (exact) mass is 241 g/mol. The van der Waals surface area contributed by atoms with E-state index in [2.05, 4.69) is 5.32 Å². The average Bonchev–Trinajstić information content (AvgIpc) is 2.24. The summed E-state index contributed by atoms with van der Waals surface area (Å²) in [6, 6.07) is 7.80. The lowest BCUT2D eigenvalue weighted by atomic mass is 10.1. The number of carbonyl (C=O) groups is 1.